The fourth-order valence-corrected chi connectivity index (χ4v) is 2.35. The quantitative estimate of drug-likeness (QED) is 0.838. The van der Waals surface area contributed by atoms with Crippen LogP contribution >= 0.6 is 11.6 Å². The van der Waals surface area contributed by atoms with Gasteiger partial charge in [-0.15, -0.1) is 0 Å². The number of hydrogen-bond donors (Lipinski definition) is 1. The van der Waals surface area contributed by atoms with Gasteiger partial charge in [-0.3, -0.25) is 4.79 Å². The van der Waals surface area contributed by atoms with Crippen LogP contribution in [-0.2, 0) is 6.42 Å². The van der Waals surface area contributed by atoms with Crippen molar-refractivity contribution >= 4 is 17.4 Å². The molecule has 0 amide bonds. The molecule has 3 heteroatoms. The summed E-state index contributed by atoms with van der Waals surface area (Å²) >= 11 is 5.87. The van der Waals surface area contributed by atoms with E-state index in [0.717, 1.165) is 16.9 Å². The first-order valence-corrected chi connectivity index (χ1v) is 7.09. The van der Waals surface area contributed by atoms with E-state index >= 15 is 0 Å². The minimum absolute atomic E-state index is 0.0847. The molecule has 0 radical (unpaired) electrons. The Hall–Kier alpha value is -1.64. The summed E-state index contributed by atoms with van der Waals surface area (Å²) in [6.07, 6.45) is 0.741. The SMILES string of the molecule is C[NH+](C)[C@H](Cc1ccccc1)C(=O)c1ccc(Cl)cc1. The average Bonchev–Trinajstić information content (AvgIpc) is 2.45. The highest BCUT2D eigenvalue weighted by atomic mass is 35.5. The molecule has 104 valence electrons. The lowest BCUT2D eigenvalue weighted by Crippen LogP contribution is -3.11. The van der Waals surface area contributed by atoms with Gasteiger partial charge in [-0.05, 0) is 29.8 Å². The summed E-state index contributed by atoms with van der Waals surface area (Å²) in [5, 5.41) is 0.651. The Bertz CT molecular complexity index is 563. The van der Waals surface area contributed by atoms with Gasteiger partial charge in [-0.2, -0.15) is 0 Å². The van der Waals surface area contributed by atoms with Gasteiger partial charge in [-0.1, -0.05) is 41.9 Å². The number of hydrogen-bond acceptors (Lipinski definition) is 1. The molecule has 2 nitrogen and oxygen atoms in total. The summed E-state index contributed by atoms with van der Waals surface area (Å²) in [5.41, 5.74) is 1.90. The van der Waals surface area contributed by atoms with Crippen molar-refractivity contribution in [3.8, 4) is 0 Å². The molecule has 1 N–H and O–H groups in total. The van der Waals surface area contributed by atoms with Crippen LogP contribution in [0.5, 0.6) is 0 Å². The minimum Gasteiger partial charge on any atom is -0.331 e. The van der Waals surface area contributed by atoms with Crippen LogP contribution in [0.4, 0.5) is 0 Å². The summed E-state index contributed by atoms with van der Waals surface area (Å²) < 4.78 is 0. The molecule has 0 saturated carbocycles. The second-order valence-corrected chi connectivity index (χ2v) is 5.63. The fourth-order valence-electron chi connectivity index (χ4n) is 2.22. The van der Waals surface area contributed by atoms with Crippen molar-refractivity contribution in [2.45, 2.75) is 12.5 Å². The molecule has 20 heavy (non-hydrogen) atoms. The molecule has 2 rings (SSSR count). The molecule has 2 aromatic rings. The lowest BCUT2D eigenvalue weighted by Gasteiger charge is -2.20. The van der Waals surface area contributed by atoms with Crippen LogP contribution in [0.1, 0.15) is 15.9 Å². The Morgan fingerprint density at radius 2 is 1.65 bits per heavy atom. The van der Waals surface area contributed by atoms with Gasteiger partial charge in [0.05, 0.1) is 14.1 Å². The molecule has 1 atom stereocenters. The molecule has 0 heterocycles. The normalized spacial score (nSPS) is 12.4. The van der Waals surface area contributed by atoms with Gasteiger partial charge >= 0.3 is 0 Å². The van der Waals surface area contributed by atoms with E-state index in [4.69, 9.17) is 11.6 Å². The number of carbonyl (C=O) groups is 1. The van der Waals surface area contributed by atoms with Crippen LogP contribution < -0.4 is 4.90 Å². The van der Waals surface area contributed by atoms with E-state index < -0.39 is 0 Å². The first-order chi connectivity index (χ1) is 9.58. The first kappa shape index (κ1) is 14.8. The van der Waals surface area contributed by atoms with E-state index in [1.807, 2.05) is 32.3 Å². The van der Waals surface area contributed by atoms with E-state index in [2.05, 4.69) is 12.1 Å². The van der Waals surface area contributed by atoms with Crippen LogP contribution in [0.3, 0.4) is 0 Å². The van der Waals surface area contributed by atoms with Crippen molar-refractivity contribution in [1.82, 2.24) is 0 Å². The van der Waals surface area contributed by atoms with E-state index in [1.165, 1.54) is 5.56 Å². The third kappa shape index (κ3) is 3.69. The van der Waals surface area contributed by atoms with Gasteiger partial charge < -0.3 is 4.90 Å². The van der Waals surface area contributed by atoms with Crippen LogP contribution in [0.15, 0.2) is 54.6 Å². The lowest BCUT2D eigenvalue weighted by molar-refractivity contribution is -0.874. The molecular formula is C17H19ClNO+. The molecular weight excluding hydrogens is 270 g/mol. The van der Waals surface area contributed by atoms with E-state index in [1.54, 1.807) is 24.3 Å². The van der Waals surface area contributed by atoms with Crippen LogP contribution in [0.2, 0.25) is 5.02 Å². The van der Waals surface area contributed by atoms with E-state index in [0.29, 0.717) is 5.02 Å². The molecule has 0 aliphatic carbocycles. The zero-order valence-corrected chi connectivity index (χ0v) is 12.5. The highest BCUT2D eigenvalue weighted by molar-refractivity contribution is 6.30. The van der Waals surface area contributed by atoms with Crippen LogP contribution in [-0.4, -0.2) is 25.9 Å². The number of halogens is 1. The fraction of sp³-hybridized carbons (Fsp3) is 0.235. The predicted molar refractivity (Wildman–Crippen MR) is 82.5 cm³/mol. The van der Waals surface area contributed by atoms with Crippen molar-refractivity contribution in [1.29, 1.82) is 0 Å². The largest absolute Gasteiger partial charge is 0.331 e. The van der Waals surface area contributed by atoms with Gasteiger partial charge in [0.1, 0.15) is 0 Å². The maximum atomic E-state index is 12.6. The maximum absolute atomic E-state index is 12.6. The summed E-state index contributed by atoms with van der Waals surface area (Å²) in [5.74, 6) is 0.158. The van der Waals surface area contributed by atoms with Gasteiger partial charge in [0, 0.05) is 17.0 Å². The molecule has 0 bridgehead atoms. The zero-order chi connectivity index (χ0) is 14.5. The Morgan fingerprint density at radius 3 is 2.20 bits per heavy atom. The number of Topliss-reactive ketones (excluding diaryl/α,β-unsaturated/α-hetero) is 1. The number of benzene rings is 2. The molecule has 2 aromatic carbocycles. The predicted octanol–water partition coefficient (Wildman–Crippen LogP) is 2.28. The standard InChI is InChI=1S/C17H18ClNO/c1-19(2)16(12-13-6-4-3-5-7-13)17(20)14-8-10-15(18)11-9-14/h3-11,16H,12H2,1-2H3/p+1/t16-/m1/s1. The number of rotatable bonds is 5. The number of nitrogens with one attached hydrogen (secondary N) is 1. The second kappa shape index (κ2) is 6.69. The second-order valence-electron chi connectivity index (χ2n) is 5.19. The molecule has 0 aliphatic rings. The topological polar surface area (TPSA) is 21.5 Å². The summed E-state index contributed by atoms with van der Waals surface area (Å²) in [6, 6.07) is 17.2. The molecule has 0 unspecified atom stereocenters. The first-order valence-electron chi connectivity index (χ1n) is 6.71. The van der Waals surface area contributed by atoms with Crippen molar-refractivity contribution in [3.63, 3.8) is 0 Å². The van der Waals surface area contributed by atoms with Crippen molar-refractivity contribution < 1.29 is 9.69 Å². The van der Waals surface area contributed by atoms with Gasteiger partial charge in [-0.25, -0.2) is 0 Å². The molecule has 0 saturated heterocycles. The number of ketones is 1. The Labute approximate surface area is 125 Å². The van der Waals surface area contributed by atoms with Gasteiger partial charge in [0.2, 0.25) is 5.78 Å². The smallest absolute Gasteiger partial charge is 0.220 e. The molecule has 0 aliphatic heterocycles. The minimum atomic E-state index is -0.0847. The number of carbonyl (C=O) groups excluding carboxylic acids is 1. The monoisotopic (exact) mass is 288 g/mol. The summed E-state index contributed by atoms with van der Waals surface area (Å²) in [4.78, 5) is 13.8. The summed E-state index contributed by atoms with van der Waals surface area (Å²) in [6.45, 7) is 0. The lowest BCUT2D eigenvalue weighted by atomic mass is 9.97. The van der Waals surface area contributed by atoms with Gasteiger partial charge in [0.15, 0.2) is 6.04 Å². The van der Waals surface area contributed by atoms with Crippen LogP contribution in [0, 0.1) is 0 Å². The van der Waals surface area contributed by atoms with E-state index in [-0.39, 0.29) is 11.8 Å². The molecule has 0 spiro atoms. The van der Waals surface area contributed by atoms with E-state index in [9.17, 15) is 4.79 Å². The Morgan fingerprint density at radius 1 is 1.05 bits per heavy atom. The maximum Gasteiger partial charge on any atom is 0.220 e. The highest BCUT2D eigenvalue weighted by Crippen LogP contribution is 2.12. The number of quaternary nitrogens is 1. The molecule has 0 fully saturated rings. The van der Waals surface area contributed by atoms with Crippen LogP contribution in [0.25, 0.3) is 0 Å². The summed E-state index contributed by atoms with van der Waals surface area (Å²) in [7, 11) is 4.03. The van der Waals surface area contributed by atoms with Crippen molar-refractivity contribution in [2.24, 2.45) is 0 Å². The van der Waals surface area contributed by atoms with Crippen molar-refractivity contribution in [3.05, 3.63) is 70.7 Å². The Balaban J connectivity index is 2.20. The Kier molecular flexibility index (Phi) is 4.94. The average molecular weight is 289 g/mol. The molecule has 0 aromatic heterocycles. The number of likely N-dealkylation sites (N-methyl/N-ethyl adjacent to an activating group) is 1. The van der Waals surface area contributed by atoms with Crippen molar-refractivity contribution in [2.75, 3.05) is 14.1 Å². The highest BCUT2D eigenvalue weighted by Gasteiger charge is 2.25. The third-order valence-electron chi connectivity index (χ3n) is 3.42. The third-order valence-corrected chi connectivity index (χ3v) is 3.68. The zero-order valence-electron chi connectivity index (χ0n) is 11.8. The van der Waals surface area contributed by atoms with Gasteiger partial charge in [0.25, 0.3) is 0 Å².